The molecule has 0 aliphatic heterocycles. The van der Waals surface area contributed by atoms with Crippen LogP contribution < -0.4 is 0 Å². The zero-order valence-corrected chi connectivity index (χ0v) is 13.2. The Morgan fingerprint density at radius 2 is 1.83 bits per heavy atom. The van der Waals surface area contributed by atoms with Crippen molar-refractivity contribution in [2.24, 2.45) is 0 Å². The molecular weight excluding hydrogens is 312 g/mol. The van der Waals surface area contributed by atoms with Crippen molar-refractivity contribution in [1.82, 2.24) is 18.9 Å². The minimum Gasteiger partial charge on any atom is -0.309 e. The highest BCUT2D eigenvalue weighted by Gasteiger charge is 2.20. The van der Waals surface area contributed by atoms with Gasteiger partial charge in [-0.1, -0.05) is 18.2 Å². The van der Waals surface area contributed by atoms with Gasteiger partial charge in [-0.15, -0.1) is 0 Å². The van der Waals surface area contributed by atoms with Gasteiger partial charge in [0, 0.05) is 18.6 Å². The number of benzene rings is 1. The SMILES string of the molecule is CS(=O)(=O)c1nc2ccccc2n1Cc1cn2ccccc2n1. The molecular formula is C16H14N4O2S. The van der Waals surface area contributed by atoms with Crippen molar-refractivity contribution in [3.05, 3.63) is 60.6 Å². The molecule has 0 spiro atoms. The summed E-state index contributed by atoms with van der Waals surface area (Å²) in [5.41, 5.74) is 3.05. The van der Waals surface area contributed by atoms with Crippen molar-refractivity contribution in [2.75, 3.05) is 6.26 Å². The van der Waals surface area contributed by atoms with Crippen LogP contribution in [0.25, 0.3) is 16.7 Å². The smallest absolute Gasteiger partial charge is 0.228 e. The maximum Gasteiger partial charge on any atom is 0.228 e. The molecule has 0 saturated heterocycles. The molecule has 0 aliphatic carbocycles. The van der Waals surface area contributed by atoms with Gasteiger partial charge in [-0.3, -0.25) is 0 Å². The van der Waals surface area contributed by atoms with E-state index in [1.807, 2.05) is 59.3 Å². The summed E-state index contributed by atoms with van der Waals surface area (Å²) >= 11 is 0. The second-order valence-corrected chi connectivity index (χ2v) is 7.35. The summed E-state index contributed by atoms with van der Waals surface area (Å²) in [5, 5.41) is 0.0655. The van der Waals surface area contributed by atoms with Crippen molar-refractivity contribution >= 4 is 26.5 Å². The van der Waals surface area contributed by atoms with E-state index in [-0.39, 0.29) is 5.16 Å². The highest BCUT2D eigenvalue weighted by Crippen LogP contribution is 2.21. The molecule has 0 bridgehead atoms. The molecule has 4 rings (SSSR count). The number of nitrogens with zero attached hydrogens (tertiary/aromatic N) is 4. The highest BCUT2D eigenvalue weighted by atomic mass is 32.2. The third-order valence-corrected chi connectivity index (χ3v) is 4.66. The van der Waals surface area contributed by atoms with Crippen LogP contribution in [0.5, 0.6) is 0 Å². The van der Waals surface area contributed by atoms with Gasteiger partial charge in [0.05, 0.1) is 23.3 Å². The maximum absolute atomic E-state index is 12.1. The van der Waals surface area contributed by atoms with Gasteiger partial charge in [-0.05, 0) is 24.3 Å². The quantitative estimate of drug-likeness (QED) is 0.578. The third kappa shape index (κ3) is 2.39. The lowest BCUT2D eigenvalue weighted by atomic mass is 10.3. The summed E-state index contributed by atoms with van der Waals surface area (Å²) in [5.74, 6) is 0. The van der Waals surface area contributed by atoms with Crippen LogP contribution in [0.3, 0.4) is 0 Å². The average Bonchev–Trinajstić information content (AvgIpc) is 3.08. The number of hydrogen-bond donors (Lipinski definition) is 0. The zero-order valence-electron chi connectivity index (χ0n) is 12.4. The number of imidazole rings is 2. The van der Waals surface area contributed by atoms with Crippen molar-refractivity contribution in [2.45, 2.75) is 11.7 Å². The second-order valence-electron chi connectivity index (χ2n) is 5.44. The van der Waals surface area contributed by atoms with E-state index < -0.39 is 9.84 Å². The van der Waals surface area contributed by atoms with Crippen molar-refractivity contribution < 1.29 is 8.42 Å². The second kappa shape index (κ2) is 4.92. The lowest BCUT2D eigenvalue weighted by Crippen LogP contribution is -2.10. The maximum atomic E-state index is 12.1. The molecule has 0 radical (unpaired) electrons. The number of sulfone groups is 1. The Morgan fingerprint density at radius 1 is 1.04 bits per heavy atom. The van der Waals surface area contributed by atoms with E-state index in [4.69, 9.17) is 0 Å². The molecule has 0 unspecified atom stereocenters. The van der Waals surface area contributed by atoms with E-state index in [1.165, 1.54) is 6.26 Å². The molecule has 3 heterocycles. The summed E-state index contributed by atoms with van der Waals surface area (Å²) in [7, 11) is -3.43. The molecule has 1 aromatic carbocycles. The van der Waals surface area contributed by atoms with Crippen LogP contribution in [0.1, 0.15) is 5.69 Å². The van der Waals surface area contributed by atoms with Gasteiger partial charge in [-0.25, -0.2) is 18.4 Å². The van der Waals surface area contributed by atoms with Crippen LogP contribution in [0.4, 0.5) is 0 Å². The fraction of sp³-hybridized carbons (Fsp3) is 0.125. The van der Waals surface area contributed by atoms with E-state index in [2.05, 4.69) is 9.97 Å². The van der Waals surface area contributed by atoms with Crippen LogP contribution in [0, 0.1) is 0 Å². The largest absolute Gasteiger partial charge is 0.309 e. The molecule has 23 heavy (non-hydrogen) atoms. The first-order valence-corrected chi connectivity index (χ1v) is 8.99. The number of hydrogen-bond acceptors (Lipinski definition) is 4. The Morgan fingerprint density at radius 3 is 2.61 bits per heavy atom. The molecule has 6 nitrogen and oxygen atoms in total. The van der Waals surface area contributed by atoms with Crippen molar-refractivity contribution in [3.63, 3.8) is 0 Å². The van der Waals surface area contributed by atoms with Gasteiger partial charge in [0.25, 0.3) is 0 Å². The summed E-state index contributed by atoms with van der Waals surface area (Å²) in [6.45, 7) is 0.352. The summed E-state index contributed by atoms with van der Waals surface area (Å²) in [6, 6.07) is 13.1. The molecule has 7 heteroatoms. The lowest BCUT2D eigenvalue weighted by Gasteiger charge is -2.05. The first kappa shape index (κ1) is 14.0. The third-order valence-electron chi connectivity index (χ3n) is 3.69. The number of pyridine rings is 1. The van der Waals surface area contributed by atoms with Crippen molar-refractivity contribution in [3.8, 4) is 0 Å². The van der Waals surface area contributed by atoms with E-state index in [0.29, 0.717) is 12.1 Å². The molecule has 3 aromatic heterocycles. The molecule has 0 saturated carbocycles. The number of fused-ring (bicyclic) bond motifs is 2. The van der Waals surface area contributed by atoms with Crippen LogP contribution in [-0.4, -0.2) is 33.6 Å². The van der Waals surface area contributed by atoms with Gasteiger partial charge in [-0.2, -0.15) is 0 Å². The molecule has 0 N–H and O–H groups in total. The highest BCUT2D eigenvalue weighted by molar-refractivity contribution is 7.90. The molecule has 4 aromatic rings. The summed E-state index contributed by atoms with van der Waals surface area (Å²) in [4.78, 5) is 8.81. The van der Waals surface area contributed by atoms with E-state index >= 15 is 0 Å². The average molecular weight is 326 g/mol. The van der Waals surface area contributed by atoms with Crippen LogP contribution >= 0.6 is 0 Å². The van der Waals surface area contributed by atoms with Crippen LogP contribution in [0.15, 0.2) is 60.0 Å². The molecule has 116 valence electrons. The van der Waals surface area contributed by atoms with Gasteiger partial charge in [0.1, 0.15) is 5.65 Å². The Kier molecular flexibility index (Phi) is 2.99. The van der Waals surface area contributed by atoms with Crippen LogP contribution in [0.2, 0.25) is 0 Å². The molecule has 0 amide bonds. The van der Waals surface area contributed by atoms with Gasteiger partial charge in [0.2, 0.25) is 15.0 Å². The summed E-state index contributed by atoms with van der Waals surface area (Å²) < 4.78 is 27.8. The fourth-order valence-corrected chi connectivity index (χ4v) is 3.54. The van der Waals surface area contributed by atoms with Crippen molar-refractivity contribution in [1.29, 1.82) is 0 Å². The van der Waals surface area contributed by atoms with E-state index in [1.54, 1.807) is 4.57 Å². The van der Waals surface area contributed by atoms with E-state index in [9.17, 15) is 8.42 Å². The Bertz CT molecular complexity index is 1090. The number of rotatable bonds is 3. The monoisotopic (exact) mass is 326 g/mol. The predicted octanol–water partition coefficient (Wildman–Crippen LogP) is 2.14. The molecule has 0 atom stereocenters. The Balaban J connectivity index is 1.90. The zero-order chi connectivity index (χ0) is 16.0. The van der Waals surface area contributed by atoms with Gasteiger partial charge in [0.15, 0.2) is 0 Å². The summed E-state index contributed by atoms with van der Waals surface area (Å²) in [6.07, 6.45) is 4.99. The predicted molar refractivity (Wildman–Crippen MR) is 87.1 cm³/mol. The Labute approximate surface area is 133 Å². The lowest BCUT2D eigenvalue weighted by molar-refractivity contribution is 0.580. The topological polar surface area (TPSA) is 69.3 Å². The standard InChI is InChI=1S/C16H14N4O2S/c1-23(21,22)16-18-13-6-2-3-7-14(13)20(16)11-12-10-19-9-5-4-8-15(19)17-12/h2-10H,11H2,1H3. The van der Waals surface area contributed by atoms with E-state index in [0.717, 1.165) is 16.9 Å². The molecule has 0 aliphatic rings. The fourth-order valence-electron chi connectivity index (χ4n) is 2.71. The first-order chi connectivity index (χ1) is 11.0. The van der Waals surface area contributed by atoms with Gasteiger partial charge < -0.3 is 8.97 Å². The molecule has 0 fully saturated rings. The Hall–Kier alpha value is -2.67. The number of aromatic nitrogens is 4. The normalized spacial score (nSPS) is 12.2. The minimum absolute atomic E-state index is 0.0655. The van der Waals surface area contributed by atoms with Crippen LogP contribution in [-0.2, 0) is 16.4 Å². The number of para-hydroxylation sites is 2. The van der Waals surface area contributed by atoms with Gasteiger partial charge >= 0.3 is 0 Å². The minimum atomic E-state index is -3.43. The first-order valence-electron chi connectivity index (χ1n) is 7.10.